The zero-order chi connectivity index (χ0) is 19.8. The smallest absolute Gasteiger partial charge is 0.191 e. The molecule has 6 heteroatoms. The Kier molecular flexibility index (Phi) is 7.71. The van der Waals surface area contributed by atoms with Crippen LogP contribution in [0.15, 0.2) is 35.3 Å². The second-order valence-corrected chi connectivity index (χ2v) is 8.21. The zero-order valence-corrected chi connectivity index (χ0v) is 17.8. The van der Waals surface area contributed by atoms with Crippen molar-refractivity contribution in [2.75, 3.05) is 60.5 Å². The molecule has 1 aromatic carbocycles. The standard InChI is InChI=1S/C22H37N5O/c1-23-21(25-18-22(26(2)3)11-15-28-16-12-22)24-17-20(27-13-7-8-14-27)19-9-5-4-6-10-19/h4-6,9-10,20H,7-8,11-18H2,1-3H3,(H2,23,24,25). The second-order valence-electron chi connectivity index (χ2n) is 8.21. The van der Waals surface area contributed by atoms with E-state index in [1.54, 1.807) is 0 Å². The lowest BCUT2D eigenvalue weighted by molar-refractivity contribution is -0.00502. The van der Waals surface area contributed by atoms with Gasteiger partial charge in [-0.15, -0.1) is 0 Å². The van der Waals surface area contributed by atoms with Crippen molar-refractivity contribution in [3.63, 3.8) is 0 Å². The Morgan fingerprint density at radius 1 is 1.14 bits per heavy atom. The van der Waals surface area contributed by atoms with Gasteiger partial charge in [-0.25, -0.2) is 0 Å². The largest absolute Gasteiger partial charge is 0.381 e. The van der Waals surface area contributed by atoms with Gasteiger partial charge in [0.15, 0.2) is 5.96 Å². The molecule has 0 amide bonds. The summed E-state index contributed by atoms with van der Waals surface area (Å²) in [5, 5.41) is 7.17. The van der Waals surface area contributed by atoms with E-state index in [0.29, 0.717) is 6.04 Å². The molecule has 2 aliphatic heterocycles. The predicted molar refractivity (Wildman–Crippen MR) is 116 cm³/mol. The molecule has 3 rings (SSSR count). The fourth-order valence-electron chi connectivity index (χ4n) is 4.38. The third-order valence-electron chi connectivity index (χ3n) is 6.41. The molecule has 1 aromatic rings. The summed E-state index contributed by atoms with van der Waals surface area (Å²) < 4.78 is 5.59. The van der Waals surface area contributed by atoms with Crippen molar-refractivity contribution < 1.29 is 4.74 Å². The van der Waals surface area contributed by atoms with Crippen molar-refractivity contribution in [1.82, 2.24) is 20.4 Å². The maximum absolute atomic E-state index is 5.59. The molecular formula is C22H37N5O. The monoisotopic (exact) mass is 387 g/mol. The molecule has 0 spiro atoms. The van der Waals surface area contributed by atoms with Crippen molar-refractivity contribution >= 4 is 5.96 Å². The number of nitrogens with zero attached hydrogens (tertiary/aromatic N) is 3. The first-order chi connectivity index (χ1) is 13.6. The number of likely N-dealkylation sites (N-methyl/N-ethyl adjacent to an activating group) is 1. The maximum atomic E-state index is 5.59. The summed E-state index contributed by atoms with van der Waals surface area (Å²) in [6, 6.07) is 11.2. The van der Waals surface area contributed by atoms with Crippen LogP contribution in [-0.2, 0) is 4.74 Å². The summed E-state index contributed by atoms with van der Waals surface area (Å²) >= 11 is 0. The van der Waals surface area contributed by atoms with E-state index < -0.39 is 0 Å². The fourth-order valence-corrected chi connectivity index (χ4v) is 4.38. The Bertz CT molecular complexity index is 607. The number of likely N-dealkylation sites (tertiary alicyclic amines) is 1. The van der Waals surface area contributed by atoms with Crippen LogP contribution in [0.1, 0.15) is 37.3 Å². The van der Waals surface area contributed by atoms with Crippen LogP contribution in [0, 0.1) is 0 Å². The van der Waals surface area contributed by atoms with Crippen LogP contribution in [0.25, 0.3) is 0 Å². The molecule has 0 saturated carbocycles. The van der Waals surface area contributed by atoms with Crippen molar-refractivity contribution in [3.05, 3.63) is 35.9 Å². The first kappa shape index (κ1) is 21.1. The van der Waals surface area contributed by atoms with Crippen molar-refractivity contribution in [3.8, 4) is 0 Å². The van der Waals surface area contributed by atoms with E-state index in [1.807, 2.05) is 7.05 Å². The minimum atomic E-state index is 0.129. The van der Waals surface area contributed by atoms with Gasteiger partial charge in [-0.3, -0.25) is 9.89 Å². The van der Waals surface area contributed by atoms with E-state index in [2.05, 4.69) is 69.9 Å². The highest BCUT2D eigenvalue weighted by Gasteiger charge is 2.35. The lowest BCUT2D eigenvalue weighted by Crippen LogP contribution is -2.57. The van der Waals surface area contributed by atoms with E-state index in [-0.39, 0.29) is 5.54 Å². The lowest BCUT2D eigenvalue weighted by Gasteiger charge is -2.43. The third-order valence-corrected chi connectivity index (χ3v) is 6.41. The average Bonchev–Trinajstić information content (AvgIpc) is 3.26. The molecule has 28 heavy (non-hydrogen) atoms. The van der Waals surface area contributed by atoms with Crippen molar-refractivity contribution in [2.24, 2.45) is 4.99 Å². The molecule has 1 unspecified atom stereocenters. The molecule has 2 N–H and O–H groups in total. The molecule has 0 radical (unpaired) electrons. The molecular weight excluding hydrogens is 350 g/mol. The first-order valence-corrected chi connectivity index (χ1v) is 10.6. The van der Waals surface area contributed by atoms with Crippen LogP contribution >= 0.6 is 0 Å². The van der Waals surface area contributed by atoms with Gasteiger partial charge >= 0.3 is 0 Å². The van der Waals surface area contributed by atoms with Gasteiger partial charge in [0.25, 0.3) is 0 Å². The SMILES string of the molecule is CN=C(NCC(c1ccccc1)N1CCCC1)NCC1(N(C)C)CCOCC1. The van der Waals surface area contributed by atoms with E-state index >= 15 is 0 Å². The van der Waals surface area contributed by atoms with E-state index in [0.717, 1.165) is 45.1 Å². The van der Waals surface area contributed by atoms with E-state index in [1.165, 1.54) is 31.5 Å². The van der Waals surface area contributed by atoms with Crippen LogP contribution in [0.2, 0.25) is 0 Å². The fraction of sp³-hybridized carbons (Fsp3) is 0.682. The van der Waals surface area contributed by atoms with Gasteiger partial charge in [0.05, 0.1) is 6.04 Å². The number of aliphatic imine (C=N–C) groups is 1. The Labute approximate surface area is 170 Å². The third kappa shape index (κ3) is 5.25. The first-order valence-electron chi connectivity index (χ1n) is 10.6. The van der Waals surface area contributed by atoms with Crippen molar-refractivity contribution in [2.45, 2.75) is 37.3 Å². The Balaban J connectivity index is 1.60. The maximum Gasteiger partial charge on any atom is 0.191 e. The van der Waals surface area contributed by atoms with Gasteiger partial charge < -0.3 is 20.3 Å². The minimum Gasteiger partial charge on any atom is -0.381 e. The summed E-state index contributed by atoms with van der Waals surface area (Å²) in [5.41, 5.74) is 1.51. The summed E-state index contributed by atoms with van der Waals surface area (Å²) in [6.45, 7) is 5.76. The number of hydrogen-bond acceptors (Lipinski definition) is 4. The van der Waals surface area contributed by atoms with Crippen LogP contribution < -0.4 is 10.6 Å². The van der Waals surface area contributed by atoms with E-state index in [4.69, 9.17) is 4.74 Å². The van der Waals surface area contributed by atoms with Gasteiger partial charge in [0, 0.05) is 38.9 Å². The number of hydrogen-bond donors (Lipinski definition) is 2. The van der Waals surface area contributed by atoms with Crippen LogP contribution in [0.5, 0.6) is 0 Å². The topological polar surface area (TPSA) is 52.1 Å². The number of nitrogens with one attached hydrogen (secondary N) is 2. The number of benzene rings is 1. The summed E-state index contributed by atoms with van der Waals surface area (Å²) in [4.78, 5) is 9.41. The van der Waals surface area contributed by atoms with Crippen LogP contribution in [-0.4, -0.2) is 81.8 Å². The van der Waals surface area contributed by atoms with E-state index in [9.17, 15) is 0 Å². The normalized spacial score (nSPS) is 21.6. The molecule has 2 aliphatic rings. The number of rotatable bonds is 7. The molecule has 156 valence electrons. The predicted octanol–water partition coefficient (Wildman–Crippen LogP) is 2.10. The molecule has 2 saturated heterocycles. The minimum absolute atomic E-state index is 0.129. The number of ether oxygens (including phenoxy) is 1. The Morgan fingerprint density at radius 3 is 2.43 bits per heavy atom. The average molecular weight is 388 g/mol. The molecule has 6 nitrogen and oxygen atoms in total. The summed E-state index contributed by atoms with van der Waals surface area (Å²) in [6.07, 6.45) is 4.68. The van der Waals surface area contributed by atoms with Gasteiger partial charge in [0.2, 0.25) is 0 Å². The van der Waals surface area contributed by atoms with Crippen LogP contribution in [0.4, 0.5) is 0 Å². The lowest BCUT2D eigenvalue weighted by atomic mass is 9.88. The molecule has 2 fully saturated rings. The molecule has 0 bridgehead atoms. The second kappa shape index (κ2) is 10.2. The molecule has 0 aliphatic carbocycles. The highest BCUT2D eigenvalue weighted by Crippen LogP contribution is 2.26. The highest BCUT2D eigenvalue weighted by molar-refractivity contribution is 5.79. The summed E-state index contributed by atoms with van der Waals surface area (Å²) in [5.74, 6) is 0.882. The van der Waals surface area contributed by atoms with Crippen molar-refractivity contribution in [1.29, 1.82) is 0 Å². The zero-order valence-electron chi connectivity index (χ0n) is 17.8. The van der Waals surface area contributed by atoms with Gasteiger partial charge in [-0.1, -0.05) is 30.3 Å². The number of guanidine groups is 1. The Morgan fingerprint density at radius 2 is 1.82 bits per heavy atom. The van der Waals surface area contributed by atoms with Crippen LogP contribution in [0.3, 0.4) is 0 Å². The van der Waals surface area contributed by atoms with Gasteiger partial charge in [-0.05, 0) is 58.4 Å². The van der Waals surface area contributed by atoms with Gasteiger partial charge in [-0.2, -0.15) is 0 Å². The quantitative estimate of drug-likeness (QED) is 0.554. The molecule has 1 atom stereocenters. The Hall–Kier alpha value is -1.63. The summed E-state index contributed by atoms with van der Waals surface area (Å²) in [7, 11) is 6.19. The molecule has 0 aromatic heterocycles. The van der Waals surface area contributed by atoms with Gasteiger partial charge in [0.1, 0.15) is 0 Å². The highest BCUT2D eigenvalue weighted by atomic mass is 16.5. The molecule has 2 heterocycles.